The van der Waals surface area contributed by atoms with Crippen molar-refractivity contribution >= 4 is 15.9 Å². The van der Waals surface area contributed by atoms with Crippen LogP contribution in [0.15, 0.2) is 10.5 Å². The average Bonchev–Trinajstić information content (AvgIpc) is 2.08. The Hall–Kier alpha value is -0.890. The molecule has 3 nitrogen and oxygen atoms in total. The second-order valence-electron chi connectivity index (χ2n) is 2.46. The van der Waals surface area contributed by atoms with Gasteiger partial charge in [0.2, 0.25) is 5.95 Å². The molecule has 0 amide bonds. The van der Waals surface area contributed by atoms with Crippen molar-refractivity contribution in [3.8, 4) is 5.75 Å². The van der Waals surface area contributed by atoms with Crippen LogP contribution in [0.25, 0.3) is 0 Å². The van der Waals surface area contributed by atoms with Crippen molar-refractivity contribution < 1.29 is 22.3 Å². The molecule has 0 radical (unpaired) electrons. The minimum Gasteiger partial charge on any atom is -0.404 e. The fourth-order valence-corrected chi connectivity index (χ4v) is 1.30. The lowest BCUT2D eigenvalue weighted by Crippen LogP contribution is -2.18. The van der Waals surface area contributed by atoms with Crippen molar-refractivity contribution in [2.24, 2.45) is 5.73 Å². The number of hydrogen-bond acceptors (Lipinski definition) is 3. The maximum atomic E-state index is 12.7. The normalized spacial score (nSPS) is 11.6. The topological polar surface area (TPSA) is 48.1 Å². The largest absolute Gasteiger partial charge is 0.573 e. The van der Waals surface area contributed by atoms with Crippen LogP contribution >= 0.6 is 15.9 Å². The van der Waals surface area contributed by atoms with Gasteiger partial charge in [-0.3, -0.25) is 0 Å². The van der Waals surface area contributed by atoms with Gasteiger partial charge in [0.1, 0.15) is 5.75 Å². The molecule has 0 saturated heterocycles. The third-order valence-electron chi connectivity index (χ3n) is 1.38. The molecule has 1 aromatic rings. The molecule has 0 aliphatic rings. The monoisotopic (exact) mass is 288 g/mol. The summed E-state index contributed by atoms with van der Waals surface area (Å²) in [6.07, 6.45) is -4.89. The molecule has 8 heteroatoms. The Kier molecular flexibility index (Phi) is 3.50. The van der Waals surface area contributed by atoms with Gasteiger partial charge in [0.15, 0.2) is 0 Å². The Morgan fingerprint density at radius 3 is 2.53 bits per heavy atom. The summed E-state index contributed by atoms with van der Waals surface area (Å²) < 4.78 is 51.8. The van der Waals surface area contributed by atoms with Crippen molar-refractivity contribution in [3.63, 3.8) is 0 Å². The van der Waals surface area contributed by atoms with Crippen molar-refractivity contribution in [2.45, 2.75) is 12.9 Å². The fourth-order valence-electron chi connectivity index (χ4n) is 0.858. The summed E-state index contributed by atoms with van der Waals surface area (Å²) in [4.78, 5) is 3.30. The Balaban J connectivity index is 3.12. The molecule has 2 N–H and O–H groups in total. The standard InChI is InChI=1S/C7H5BrF4N2O/c8-6-3(2-13)14-5(9)1-4(6)15-7(10,11)12/h1H,2,13H2. The first-order valence-corrected chi connectivity index (χ1v) is 4.43. The highest BCUT2D eigenvalue weighted by atomic mass is 79.9. The Morgan fingerprint density at radius 1 is 1.47 bits per heavy atom. The minimum absolute atomic E-state index is 0.0470. The van der Waals surface area contributed by atoms with E-state index in [4.69, 9.17) is 5.73 Å². The molecule has 0 bridgehead atoms. The van der Waals surface area contributed by atoms with Gasteiger partial charge < -0.3 is 10.5 Å². The molecule has 0 atom stereocenters. The number of pyridine rings is 1. The second kappa shape index (κ2) is 4.31. The Morgan fingerprint density at radius 2 is 2.07 bits per heavy atom. The highest BCUT2D eigenvalue weighted by Crippen LogP contribution is 2.32. The number of aromatic nitrogens is 1. The average molecular weight is 289 g/mol. The Labute approximate surface area is 90.4 Å². The van der Waals surface area contributed by atoms with E-state index >= 15 is 0 Å². The summed E-state index contributed by atoms with van der Waals surface area (Å²) in [5.41, 5.74) is 5.11. The zero-order valence-electron chi connectivity index (χ0n) is 7.11. The molecule has 1 heterocycles. The van der Waals surface area contributed by atoms with Crippen LogP contribution in [0.1, 0.15) is 5.69 Å². The van der Waals surface area contributed by atoms with Gasteiger partial charge in [-0.2, -0.15) is 4.39 Å². The van der Waals surface area contributed by atoms with Crippen LogP contribution in [0.4, 0.5) is 17.6 Å². The van der Waals surface area contributed by atoms with Gasteiger partial charge in [0.25, 0.3) is 0 Å². The van der Waals surface area contributed by atoms with Gasteiger partial charge in [-0.15, -0.1) is 13.2 Å². The maximum absolute atomic E-state index is 12.7. The quantitative estimate of drug-likeness (QED) is 0.671. The van der Waals surface area contributed by atoms with Crippen LogP contribution < -0.4 is 10.5 Å². The number of ether oxygens (including phenoxy) is 1. The lowest BCUT2D eigenvalue weighted by Gasteiger charge is -2.11. The van der Waals surface area contributed by atoms with Crippen molar-refractivity contribution in [2.75, 3.05) is 0 Å². The summed E-state index contributed by atoms with van der Waals surface area (Å²) >= 11 is 2.79. The van der Waals surface area contributed by atoms with E-state index in [0.717, 1.165) is 0 Å². The zero-order valence-corrected chi connectivity index (χ0v) is 8.69. The predicted octanol–water partition coefficient (Wildman–Crippen LogP) is 2.34. The molecule has 84 valence electrons. The summed E-state index contributed by atoms with van der Waals surface area (Å²) in [7, 11) is 0. The molecule has 1 rings (SSSR count). The van der Waals surface area contributed by atoms with E-state index in [2.05, 4.69) is 25.7 Å². The fraction of sp³-hybridized carbons (Fsp3) is 0.286. The maximum Gasteiger partial charge on any atom is 0.573 e. The van der Waals surface area contributed by atoms with E-state index in [1.165, 1.54) is 0 Å². The minimum atomic E-state index is -4.89. The highest BCUT2D eigenvalue weighted by Gasteiger charge is 2.32. The predicted molar refractivity (Wildman–Crippen MR) is 46.5 cm³/mol. The van der Waals surface area contributed by atoms with E-state index in [9.17, 15) is 17.6 Å². The third kappa shape index (κ3) is 3.31. The Bertz CT molecular complexity index is 369. The molecule has 1 aromatic heterocycles. The van der Waals surface area contributed by atoms with E-state index in [0.29, 0.717) is 6.07 Å². The summed E-state index contributed by atoms with van der Waals surface area (Å²) in [6, 6.07) is 0.525. The van der Waals surface area contributed by atoms with Gasteiger partial charge in [0.05, 0.1) is 10.2 Å². The lowest BCUT2D eigenvalue weighted by molar-refractivity contribution is -0.275. The second-order valence-corrected chi connectivity index (χ2v) is 3.25. The van der Waals surface area contributed by atoms with Crippen LogP contribution in [0.5, 0.6) is 5.75 Å². The first-order chi connectivity index (χ1) is 6.83. The van der Waals surface area contributed by atoms with E-state index in [-0.39, 0.29) is 16.7 Å². The molecular formula is C7H5BrF4N2O. The van der Waals surface area contributed by atoms with Crippen molar-refractivity contribution in [1.82, 2.24) is 4.98 Å². The zero-order chi connectivity index (χ0) is 11.6. The molecule has 0 unspecified atom stereocenters. The number of alkyl halides is 3. The van der Waals surface area contributed by atoms with Crippen LogP contribution in [0.3, 0.4) is 0 Å². The number of rotatable bonds is 2. The van der Waals surface area contributed by atoms with Crippen LogP contribution in [-0.4, -0.2) is 11.3 Å². The smallest absolute Gasteiger partial charge is 0.404 e. The van der Waals surface area contributed by atoms with Crippen LogP contribution in [-0.2, 0) is 6.54 Å². The summed E-state index contributed by atoms with van der Waals surface area (Å²) in [6.45, 7) is -0.202. The highest BCUT2D eigenvalue weighted by molar-refractivity contribution is 9.10. The van der Waals surface area contributed by atoms with Crippen molar-refractivity contribution in [1.29, 1.82) is 0 Å². The first-order valence-electron chi connectivity index (χ1n) is 3.64. The van der Waals surface area contributed by atoms with Gasteiger partial charge >= 0.3 is 6.36 Å². The summed E-state index contributed by atoms with van der Waals surface area (Å²) in [5, 5.41) is 0. The number of nitrogens with zero attached hydrogens (tertiary/aromatic N) is 1. The molecule has 0 aliphatic carbocycles. The lowest BCUT2D eigenvalue weighted by atomic mass is 10.3. The van der Waals surface area contributed by atoms with Gasteiger partial charge in [-0.25, -0.2) is 4.98 Å². The van der Waals surface area contributed by atoms with E-state index in [1.807, 2.05) is 0 Å². The van der Waals surface area contributed by atoms with Gasteiger partial charge in [-0.1, -0.05) is 0 Å². The molecule has 0 aliphatic heterocycles. The molecule has 15 heavy (non-hydrogen) atoms. The van der Waals surface area contributed by atoms with Crippen LogP contribution in [0.2, 0.25) is 0 Å². The number of hydrogen-bond donors (Lipinski definition) is 1. The molecular weight excluding hydrogens is 284 g/mol. The van der Waals surface area contributed by atoms with Gasteiger partial charge in [-0.05, 0) is 15.9 Å². The first kappa shape index (κ1) is 12.2. The van der Waals surface area contributed by atoms with E-state index < -0.39 is 18.1 Å². The summed E-state index contributed by atoms with van der Waals surface area (Å²) in [5.74, 6) is -1.78. The van der Waals surface area contributed by atoms with E-state index in [1.54, 1.807) is 0 Å². The SMILES string of the molecule is NCc1nc(F)cc(OC(F)(F)F)c1Br. The third-order valence-corrected chi connectivity index (χ3v) is 2.23. The number of nitrogens with two attached hydrogens (primary N) is 1. The molecule has 0 spiro atoms. The molecule has 0 fully saturated rings. The number of halogens is 5. The molecule has 0 saturated carbocycles. The van der Waals surface area contributed by atoms with Crippen molar-refractivity contribution in [3.05, 3.63) is 22.2 Å². The molecule has 0 aromatic carbocycles. The van der Waals surface area contributed by atoms with Gasteiger partial charge in [0, 0.05) is 12.6 Å². The van der Waals surface area contributed by atoms with Crippen LogP contribution in [0, 0.1) is 5.95 Å².